The fourth-order valence-electron chi connectivity index (χ4n) is 2.59. The van der Waals surface area contributed by atoms with E-state index in [1.165, 1.54) is 7.11 Å². The van der Waals surface area contributed by atoms with E-state index in [0.29, 0.717) is 46.2 Å². The second-order valence-electron chi connectivity index (χ2n) is 5.02. The minimum atomic E-state index is -0.258. The van der Waals surface area contributed by atoms with Gasteiger partial charge in [-0.25, -0.2) is 4.98 Å². The average molecular weight is 330 g/mol. The second kappa shape index (κ2) is 6.23. The first-order valence-electron chi connectivity index (χ1n) is 7.39. The Labute approximate surface area is 138 Å². The molecule has 0 spiro atoms. The second-order valence-corrected chi connectivity index (χ2v) is 5.02. The predicted octanol–water partition coefficient (Wildman–Crippen LogP) is 1.83. The molecule has 2 heterocycles. The topological polar surface area (TPSA) is 91.3 Å². The van der Waals surface area contributed by atoms with Crippen LogP contribution in [0.15, 0.2) is 23.1 Å². The predicted molar refractivity (Wildman–Crippen MR) is 88.9 cm³/mol. The number of nitrogens with one attached hydrogen (secondary N) is 1. The van der Waals surface area contributed by atoms with E-state index in [-0.39, 0.29) is 5.56 Å². The van der Waals surface area contributed by atoms with Crippen molar-refractivity contribution in [3.05, 3.63) is 28.7 Å². The van der Waals surface area contributed by atoms with Gasteiger partial charge in [0.1, 0.15) is 17.1 Å². The van der Waals surface area contributed by atoms with Gasteiger partial charge in [-0.15, -0.1) is 0 Å². The lowest BCUT2D eigenvalue weighted by molar-refractivity contribution is 0.349. The Balaban J connectivity index is 2.25. The Bertz CT molecular complexity index is 945. The molecule has 1 aromatic carbocycles. The molecule has 0 radical (unpaired) electrons. The number of hydrogen-bond acceptors (Lipinski definition) is 6. The highest BCUT2D eigenvalue weighted by Crippen LogP contribution is 2.38. The number of aromatic amines is 1. The highest BCUT2D eigenvalue weighted by molar-refractivity contribution is 5.77. The number of hydrogen-bond donors (Lipinski definition) is 1. The summed E-state index contributed by atoms with van der Waals surface area (Å²) in [7, 11) is 4.62. The van der Waals surface area contributed by atoms with Crippen molar-refractivity contribution in [1.82, 2.24) is 19.7 Å². The molecule has 0 bridgehead atoms. The van der Waals surface area contributed by atoms with Gasteiger partial charge in [-0.1, -0.05) is 0 Å². The molecule has 8 heteroatoms. The fraction of sp³-hybridized carbons (Fsp3) is 0.312. The normalized spacial score (nSPS) is 10.8. The molecular formula is C16H18N4O4. The van der Waals surface area contributed by atoms with Gasteiger partial charge in [0, 0.05) is 12.6 Å². The van der Waals surface area contributed by atoms with E-state index in [0.717, 1.165) is 0 Å². The van der Waals surface area contributed by atoms with Crippen molar-refractivity contribution in [2.45, 2.75) is 13.5 Å². The summed E-state index contributed by atoms with van der Waals surface area (Å²) in [5.41, 5.74) is 1.30. The third-order valence-electron chi connectivity index (χ3n) is 3.76. The van der Waals surface area contributed by atoms with Crippen LogP contribution in [0.5, 0.6) is 17.2 Å². The standard InChI is InChI=1S/C16H18N4O4/c1-5-20-14-10(8-17-20)18-15(19-16(14)21)9-6-12(23-3)13(24-4)7-11(9)22-2/h6-8H,5H2,1-4H3,(H,18,19,21). The van der Waals surface area contributed by atoms with Crippen molar-refractivity contribution in [3.8, 4) is 28.6 Å². The molecule has 126 valence electrons. The average Bonchev–Trinajstić information content (AvgIpc) is 3.04. The first-order chi connectivity index (χ1) is 11.6. The van der Waals surface area contributed by atoms with Crippen LogP contribution in [0, 0.1) is 0 Å². The Morgan fingerprint density at radius 2 is 1.75 bits per heavy atom. The molecule has 0 aliphatic rings. The molecule has 0 atom stereocenters. The number of nitrogens with zero attached hydrogens (tertiary/aromatic N) is 3. The van der Waals surface area contributed by atoms with Crippen LogP contribution in [0.1, 0.15) is 6.92 Å². The molecule has 0 unspecified atom stereocenters. The van der Waals surface area contributed by atoms with E-state index < -0.39 is 0 Å². The summed E-state index contributed by atoms with van der Waals surface area (Å²) in [5.74, 6) is 1.93. The zero-order valence-electron chi connectivity index (χ0n) is 13.9. The largest absolute Gasteiger partial charge is 0.496 e. The summed E-state index contributed by atoms with van der Waals surface area (Å²) < 4.78 is 17.6. The molecule has 3 aromatic rings. The van der Waals surface area contributed by atoms with Gasteiger partial charge in [-0.05, 0) is 13.0 Å². The summed E-state index contributed by atoms with van der Waals surface area (Å²) >= 11 is 0. The van der Waals surface area contributed by atoms with E-state index in [1.54, 1.807) is 37.2 Å². The van der Waals surface area contributed by atoms with Crippen LogP contribution in [-0.4, -0.2) is 41.1 Å². The number of rotatable bonds is 5. The van der Waals surface area contributed by atoms with E-state index in [2.05, 4.69) is 15.1 Å². The highest BCUT2D eigenvalue weighted by Gasteiger charge is 2.17. The maximum Gasteiger partial charge on any atom is 0.277 e. The first kappa shape index (κ1) is 15.9. The summed E-state index contributed by atoms with van der Waals surface area (Å²) in [6.07, 6.45) is 1.57. The zero-order valence-corrected chi connectivity index (χ0v) is 13.9. The van der Waals surface area contributed by atoms with Crippen LogP contribution in [0.4, 0.5) is 0 Å². The highest BCUT2D eigenvalue weighted by atomic mass is 16.5. The molecule has 0 fully saturated rings. The van der Waals surface area contributed by atoms with Gasteiger partial charge < -0.3 is 19.2 Å². The minimum absolute atomic E-state index is 0.258. The summed E-state index contributed by atoms with van der Waals surface area (Å²) in [6, 6.07) is 3.40. The van der Waals surface area contributed by atoms with Crippen LogP contribution in [0.25, 0.3) is 22.4 Å². The first-order valence-corrected chi connectivity index (χ1v) is 7.39. The van der Waals surface area contributed by atoms with E-state index in [4.69, 9.17) is 14.2 Å². The molecule has 24 heavy (non-hydrogen) atoms. The number of aromatic nitrogens is 4. The molecule has 1 N–H and O–H groups in total. The Morgan fingerprint density at radius 3 is 2.38 bits per heavy atom. The minimum Gasteiger partial charge on any atom is -0.496 e. The molecule has 0 saturated heterocycles. The van der Waals surface area contributed by atoms with Gasteiger partial charge in [0.2, 0.25) is 0 Å². The lowest BCUT2D eigenvalue weighted by atomic mass is 10.1. The Hall–Kier alpha value is -3.03. The number of methoxy groups -OCH3 is 3. The van der Waals surface area contributed by atoms with Gasteiger partial charge in [-0.2, -0.15) is 5.10 Å². The van der Waals surface area contributed by atoms with Crippen molar-refractivity contribution < 1.29 is 14.2 Å². The number of benzene rings is 1. The van der Waals surface area contributed by atoms with Crippen molar-refractivity contribution in [1.29, 1.82) is 0 Å². The Kier molecular flexibility index (Phi) is 4.11. The quantitative estimate of drug-likeness (QED) is 0.767. The maximum atomic E-state index is 12.4. The van der Waals surface area contributed by atoms with Gasteiger partial charge in [0.05, 0.1) is 33.1 Å². The SMILES string of the molecule is CCn1ncc2nc(-c3cc(OC)c(OC)cc3OC)[nH]c(=O)c21. The molecule has 0 amide bonds. The van der Waals surface area contributed by atoms with E-state index >= 15 is 0 Å². The van der Waals surface area contributed by atoms with Crippen LogP contribution >= 0.6 is 0 Å². The third kappa shape index (κ3) is 2.45. The van der Waals surface area contributed by atoms with Crippen LogP contribution < -0.4 is 19.8 Å². The molecular weight excluding hydrogens is 312 g/mol. The molecule has 0 saturated carbocycles. The number of aryl methyl sites for hydroxylation is 1. The number of fused-ring (bicyclic) bond motifs is 1. The summed E-state index contributed by atoms with van der Waals surface area (Å²) in [4.78, 5) is 19.7. The molecule has 2 aromatic heterocycles. The molecule has 8 nitrogen and oxygen atoms in total. The van der Waals surface area contributed by atoms with Gasteiger partial charge in [0.15, 0.2) is 17.0 Å². The maximum absolute atomic E-state index is 12.4. The summed E-state index contributed by atoms with van der Waals surface area (Å²) in [6.45, 7) is 2.50. The van der Waals surface area contributed by atoms with Crippen molar-refractivity contribution in [2.24, 2.45) is 0 Å². The Morgan fingerprint density at radius 1 is 1.08 bits per heavy atom. The van der Waals surface area contributed by atoms with Crippen LogP contribution in [0.2, 0.25) is 0 Å². The lowest BCUT2D eigenvalue weighted by Gasteiger charge is -2.13. The van der Waals surface area contributed by atoms with Gasteiger partial charge in [0.25, 0.3) is 5.56 Å². The van der Waals surface area contributed by atoms with Crippen molar-refractivity contribution >= 4 is 11.0 Å². The lowest BCUT2D eigenvalue weighted by Crippen LogP contribution is -2.13. The monoisotopic (exact) mass is 330 g/mol. The molecule has 0 aliphatic carbocycles. The zero-order chi connectivity index (χ0) is 17.3. The smallest absolute Gasteiger partial charge is 0.277 e. The fourth-order valence-corrected chi connectivity index (χ4v) is 2.59. The van der Waals surface area contributed by atoms with Crippen LogP contribution in [0.3, 0.4) is 0 Å². The third-order valence-corrected chi connectivity index (χ3v) is 3.76. The van der Waals surface area contributed by atoms with Crippen LogP contribution in [-0.2, 0) is 6.54 Å². The van der Waals surface area contributed by atoms with E-state index in [1.807, 2.05) is 6.92 Å². The molecule has 0 aliphatic heterocycles. The number of H-pyrrole nitrogens is 1. The van der Waals surface area contributed by atoms with Crippen molar-refractivity contribution in [3.63, 3.8) is 0 Å². The van der Waals surface area contributed by atoms with Gasteiger partial charge >= 0.3 is 0 Å². The van der Waals surface area contributed by atoms with E-state index in [9.17, 15) is 4.79 Å². The molecule has 3 rings (SSSR count). The summed E-state index contributed by atoms with van der Waals surface area (Å²) in [5, 5.41) is 4.17. The van der Waals surface area contributed by atoms with Gasteiger partial charge in [-0.3, -0.25) is 9.48 Å². The van der Waals surface area contributed by atoms with Crippen molar-refractivity contribution in [2.75, 3.05) is 21.3 Å². The number of ether oxygens (including phenoxy) is 3.